The summed E-state index contributed by atoms with van der Waals surface area (Å²) in [7, 11) is 0. The molecule has 0 heterocycles. The average molecular weight is 203 g/mol. The standard InChI is InChI=1S/C10H9N3S/c1-2-9(12-13-10(11)14)8-6-4-3-5-7-8/h1,3-7H,(H3,11,13,14). The maximum atomic E-state index is 5.29. The van der Waals surface area contributed by atoms with Crippen LogP contribution in [0.4, 0.5) is 0 Å². The lowest BCUT2D eigenvalue weighted by molar-refractivity contribution is 1.04. The summed E-state index contributed by atoms with van der Waals surface area (Å²) in [5.74, 6) is 2.45. The Morgan fingerprint density at radius 1 is 1.43 bits per heavy atom. The summed E-state index contributed by atoms with van der Waals surface area (Å²) in [5.41, 5.74) is 8.98. The van der Waals surface area contributed by atoms with E-state index in [4.69, 9.17) is 12.2 Å². The molecule has 0 fully saturated rings. The smallest absolute Gasteiger partial charge is 0.184 e. The Bertz CT molecular complexity index is 390. The van der Waals surface area contributed by atoms with Gasteiger partial charge in [0.2, 0.25) is 0 Å². The van der Waals surface area contributed by atoms with Crippen molar-refractivity contribution in [2.45, 2.75) is 0 Å². The molecule has 4 heteroatoms. The lowest BCUT2D eigenvalue weighted by Gasteiger charge is -1.99. The summed E-state index contributed by atoms with van der Waals surface area (Å²) >= 11 is 4.60. The van der Waals surface area contributed by atoms with Gasteiger partial charge < -0.3 is 5.73 Å². The van der Waals surface area contributed by atoms with Gasteiger partial charge in [-0.3, -0.25) is 5.43 Å². The SMILES string of the molecule is C#CC(=NNC(N)=S)c1ccccc1. The van der Waals surface area contributed by atoms with Crippen LogP contribution >= 0.6 is 12.2 Å². The molecule has 0 saturated carbocycles. The average Bonchev–Trinajstić information content (AvgIpc) is 2.20. The molecule has 0 aliphatic rings. The van der Waals surface area contributed by atoms with Gasteiger partial charge in [-0.1, -0.05) is 30.3 Å². The molecule has 0 amide bonds. The van der Waals surface area contributed by atoms with Crippen LogP contribution in [0, 0.1) is 12.3 Å². The van der Waals surface area contributed by atoms with Gasteiger partial charge in [-0.05, 0) is 18.1 Å². The molecule has 0 aliphatic heterocycles. The molecule has 0 aliphatic carbocycles. The van der Waals surface area contributed by atoms with Gasteiger partial charge in [0.1, 0.15) is 5.71 Å². The molecule has 3 N–H and O–H groups in total. The summed E-state index contributed by atoms with van der Waals surface area (Å²) in [6.07, 6.45) is 5.29. The number of benzene rings is 1. The molecule has 0 atom stereocenters. The Morgan fingerprint density at radius 3 is 2.57 bits per heavy atom. The predicted octanol–water partition coefficient (Wildman–Crippen LogP) is 0.857. The number of nitrogens with zero attached hydrogens (tertiary/aromatic N) is 1. The molecular weight excluding hydrogens is 194 g/mol. The van der Waals surface area contributed by atoms with Crippen LogP contribution in [0.3, 0.4) is 0 Å². The molecule has 70 valence electrons. The summed E-state index contributed by atoms with van der Waals surface area (Å²) in [6, 6.07) is 9.38. The zero-order valence-electron chi connectivity index (χ0n) is 7.40. The minimum Gasteiger partial charge on any atom is -0.375 e. The second-order valence-corrected chi connectivity index (χ2v) is 2.89. The highest BCUT2D eigenvalue weighted by Crippen LogP contribution is 1.99. The number of hydrogen-bond donors (Lipinski definition) is 2. The third-order valence-electron chi connectivity index (χ3n) is 1.46. The largest absolute Gasteiger partial charge is 0.375 e. The Morgan fingerprint density at radius 2 is 2.07 bits per heavy atom. The van der Waals surface area contributed by atoms with E-state index in [1.807, 2.05) is 30.3 Å². The van der Waals surface area contributed by atoms with E-state index in [2.05, 4.69) is 28.7 Å². The van der Waals surface area contributed by atoms with E-state index in [1.54, 1.807) is 0 Å². The molecule has 14 heavy (non-hydrogen) atoms. The van der Waals surface area contributed by atoms with Crippen LogP contribution in [-0.4, -0.2) is 10.8 Å². The van der Waals surface area contributed by atoms with Crippen molar-refractivity contribution < 1.29 is 0 Å². The number of nitrogens with one attached hydrogen (secondary N) is 1. The van der Waals surface area contributed by atoms with E-state index in [0.717, 1.165) is 5.56 Å². The highest BCUT2D eigenvalue weighted by atomic mass is 32.1. The second kappa shape index (κ2) is 5.00. The third-order valence-corrected chi connectivity index (χ3v) is 1.55. The summed E-state index contributed by atoms with van der Waals surface area (Å²) < 4.78 is 0. The van der Waals surface area contributed by atoms with E-state index < -0.39 is 0 Å². The third kappa shape index (κ3) is 2.88. The van der Waals surface area contributed by atoms with Crippen molar-refractivity contribution in [1.29, 1.82) is 0 Å². The Balaban J connectivity index is 2.89. The van der Waals surface area contributed by atoms with Crippen molar-refractivity contribution in [3.63, 3.8) is 0 Å². The van der Waals surface area contributed by atoms with Crippen LogP contribution in [0.1, 0.15) is 5.56 Å². The monoisotopic (exact) mass is 203 g/mol. The summed E-state index contributed by atoms with van der Waals surface area (Å²) in [4.78, 5) is 0. The maximum absolute atomic E-state index is 5.29. The highest BCUT2D eigenvalue weighted by molar-refractivity contribution is 7.80. The number of rotatable bonds is 2. The molecule has 3 nitrogen and oxygen atoms in total. The fourth-order valence-corrected chi connectivity index (χ4v) is 0.933. The molecule has 0 spiro atoms. The molecule has 0 radical (unpaired) electrons. The van der Waals surface area contributed by atoms with E-state index >= 15 is 0 Å². The Labute approximate surface area is 88.0 Å². The van der Waals surface area contributed by atoms with Crippen molar-refractivity contribution in [3.05, 3.63) is 35.9 Å². The lowest BCUT2D eigenvalue weighted by Crippen LogP contribution is -2.25. The topological polar surface area (TPSA) is 50.4 Å². The first kappa shape index (κ1) is 10.2. The van der Waals surface area contributed by atoms with Crippen LogP contribution in [0.5, 0.6) is 0 Å². The minimum absolute atomic E-state index is 0.0914. The quantitative estimate of drug-likeness (QED) is 0.324. The van der Waals surface area contributed by atoms with E-state index in [-0.39, 0.29) is 5.11 Å². The fraction of sp³-hybridized carbons (Fsp3) is 0. The van der Waals surface area contributed by atoms with Crippen LogP contribution in [0.25, 0.3) is 0 Å². The number of terminal acetylenes is 1. The van der Waals surface area contributed by atoms with E-state index in [9.17, 15) is 0 Å². The van der Waals surface area contributed by atoms with Crippen LogP contribution in [0.2, 0.25) is 0 Å². The first-order valence-corrected chi connectivity index (χ1v) is 4.30. The molecule has 0 saturated heterocycles. The molecule has 1 rings (SSSR count). The molecular formula is C10H9N3S. The van der Waals surface area contributed by atoms with Crippen molar-refractivity contribution in [3.8, 4) is 12.3 Å². The van der Waals surface area contributed by atoms with Crippen LogP contribution < -0.4 is 11.2 Å². The predicted molar refractivity (Wildman–Crippen MR) is 61.7 cm³/mol. The number of hydrogen-bond acceptors (Lipinski definition) is 2. The van der Waals surface area contributed by atoms with Crippen molar-refractivity contribution in [2.75, 3.05) is 0 Å². The summed E-state index contributed by atoms with van der Waals surface area (Å²) in [6.45, 7) is 0. The van der Waals surface area contributed by atoms with Crippen molar-refractivity contribution >= 4 is 23.0 Å². The number of nitrogens with two attached hydrogens (primary N) is 1. The Kier molecular flexibility index (Phi) is 3.65. The first-order chi connectivity index (χ1) is 6.74. The van der Waals surface area contributed by atoms with Gasteiger partial charge in [-0.2, -0.15) is 5.10 Å². The molecule has 0 bridgehead atoms. The molecule has 1 aromatic rings. The maximum Gasteiger partial charge on any atom is 0.184 e. The Hall–Kier alpha value is -1.86. The fourth-order valence-electron chi connectivity index (χ4n) is 0.887. The molecule has 0 aromatic heterocycles. The normalized spacial score (nSPS) is 10.4. The first-order valence-electron chi connectivity index (χ1n) is 3.89. The molecule has 0 unspecified atom stereocenters. The van der Waals surface area contributed by atoms with Gasteiger partial charge in [0.25, 0.3) is 0 Å². The van der Waals surface area contributed by atoms with Gasteiger partial charge in [-0.15, -0.1) is 6.42 Å². The lowest BCUT2D eigenvalue weighted by atomic mass is 10.1. The minimum atomic E-state index is 0.0914. The zero-order valence-corrected chi connectivity index (χ0v) is 8.21. The van der Waals surface area contributed by atoms with Gasteiger partial charge in [0.15, 0.2) is 5.11 Å². The van der Waals surface area contributed by atoms with E-state index in [0.29, 0.717) is 5.71 Å². The second-order valence-electron chi connectivity index (χ2n) is 2.45. The van der Waals surface area contributed by atoms with E-state index in [1.165, 1.54) is 0 Å². The van der Waals surface area contributed by atoms with Gasteiger partial charge >= 0.3 is 0 Å². The molecule has 1 aromatic carbocycles. The van der Waals surface area contributed by atoms with Crippen LogP contribution in [-0.2, 0) is 0 Å². The number of hydrazone groups is 1. The zero-order chi connectivity index (χ0) is 10.4. The number of thiocarbonyl (C=S) groups is 1. The van der Waals surface area contributed by atoms with Gasteiger partial charge in [-0.25, -0.2) is 0 Å². The van der Waals surface area contributed by atoms with Crippen molar-refractivity contribution in [1.82, 2.24) is 5.43 Å². The van der Waals surface area contributed by atoms with Gasteiger partial charge in [0.05, 0.1) is 0 Å². The van der Waals surface area contributed by atoms with Crippen LogP contribution in [0.15, 0.2) is 35.4 Å². The van der Waals surface area contributed by atoms with Gasteiger partial charge in [0, 0.05) is 5.56 Å². The van der Waals surface area contributed by atoms with Crippen molar-refractivity contribution in [2.24, 2.45) is 10.8 Å². The summed E-state index contributed by atoms with van der Waals surface area (Å²) in [5, 5.41) is 3.97. The highest BCUT2D eigenvalue weighted by Gasteiger charge is 1.97.